The van der Waals surface area contributed by atoms with Crippen molar-refractivity contribution in [1.29, 1.82) is 0 Å². The van der Waals surface area contributed by atoms with Crippen LogP contribution in [0.25, 0.3) is 0 Å². The van der Waals surface area contributed by atoms with E-state index in [1.54, 1.807) is 23.6 Å². The van der Waals surface area contributed by atoms with Crippen molar-refractivity contribution in [3.63, 3.8) is 0 Å². The van der Waals surface area contributed by atoms with Gasteiger partial charge in [-0.05, 0) is 12.8 Å². The molecule has 0 saturated carbocycles. The summed E-state index contributed by atoms with van der Waals surface area (Å²) in [4.78, 5) is 25.8. The molecule has 2 atom stereocenters. The molecule has 0 aromatic heterocycles. The number of piperazine rings is 1. The summed E-state index contributed by atoms with van der Waals surface area (Å²) < 4.78 is 0. The largest absolute Gasteiger partial charge is 0.342 e. The summed E-state index contributed by atoms with van der Waals surface area (Å²) in [7, 11) is 0. The number of hydrogen-bond donors (Lipinski definition) is 1. The Bertz CT molecular complexity index is 331. The van der Waals surface area contributed by atoms with Gasteiger partial charge in [-0.2, -0.15) is 11.8 Å². The quantitative estimate of drug-likeness (QED) is 0.584. The smallest absolute Gasteiger partial charge is 0.246 e. The van der Waals surface area contributed by atoms with Crippen LogP contribution in [0.15, 0.2) is 12.7 Å². The van der Waals surface area contributed by atoms with Gasteiger partial charge < -0.3 is 10.2 Å². The van der Waals surface area contributed by atoms with Crippen molar-refractivity contribution in [2.45, 2.75) is 32.9 Å². The Labute approximate surface area is 113 Å². The predicted octanol–water partition coefficient (Wildman–Crippen LogP) is 1.28. The van der Waals surface area contributed by atoms with Crippen LogP contribution in [0.1, 0.15) is 20.8 Å². The topological polar surface area (TPSA) is 49.4 Å². The van der Waals surface area contributed by atoms with E-state index in [1.807, 2.05) is 19.9 Å². The highest BCUT2D eigenvalue weighted by atomic mass is 32.2. The number of nitrogens with zero attached hydrogens (tertiary/aromatic N) is 1. The molecule has 0 aromatic carbocycles. The fourth-order valence-electron chi connectivity index (χ4n) is 1.93. The predicted molar refractivity (Wildman–Crippen MR) is 75.5 cm³/mol. The molecule has 0 spiro atoms. The number of rotatable bonds is 6. The molecular formula is C13H22N2O2S. The molecule has 2 unspecified atom stereocenters. The maximum Gasteiger partial charge on any atom is 0.246 e. The van der Waals surface area contributed by atoms with Crippen LogP contribution in [0.4, 0.5) is 0 Å². The van der Waals surface area contributed by atoms with E-state index in [2.05, 4.69) is 11.9 Å². The highest BCUT2D eigenvalue weighted by Gasteiger charge is 2.38. The van der Waals surface area contributed by atoms with Crippen LogP contribution in [-0.4, -0.2) is 46.8 Å². The molecule has 1 aliphatic rings. The van der Waals surface area contributed by atoms with Crippen molar-refractivity contribution in [3.05, 3.63) is 12.7 Å². The average molecular weight is 270 g/mol. The molecule has 5 heteroatoms. The van der Waals surface area contributed by atoms with E-state index in [-0.39, 0.29) is 29.8 Å². The van der Waals surface area contributed by atoms with Gasteiger partial charge in [-0.3, -0.25) is 9.59 Å². The van der Waals surface area contributed by atoms with Crippen LogP contribution in [0.3, 0.4) is 0 Å². The third-order valence-electron chi connectivity index (χ3n) is 3.07. The Kier molecular flexibility index (Phi) is 5.72. The van der Waals surface area contributed by atoms with Crippen molar-refractivity contribution in [2.75, 3.05) is 18.1 Å². The molecule has 0 bridgehead atoms. The van der Waals surface area contributed by atoms with Crippen molar-refractivity contribution < 1.29 is 9.59 Å². The lowest BCUT2D eigenvalue weighted by atomic mass is 9.98. The maximum atomic E-state index is 12.3. The van der Waals surface area contributed by atoms with E-state index in [9.17, 15) is 9.59 Å². The van der Waals surface area contributed by atoms with Crippen LogP contribution in [0.5, 0.6) is 0 Å². The number of carbonyl (C=O) groups excluding carboxylic acids is 2. The van der Waals surface area contributed by atoms with Crippen LogP contribution < -0.4 is 5.32 Å². The fourth-order valence-corrected chi connectivity index (χ4v) is 2.59. The van der Waals surface area contributed by atoms with Crippen LogP contribution in [-0.2, 0) is 9.59 Å². The summed E-state index contributed by atoms with van der Waals surface area (Å²) in [6.45, 7) is 9.95. The lowest BCUT2D eigenvalue weighted by Gasteiger charge is -2.38. The SMILES string of the molecule is C=CCSCCN1C(=O)C(C(C)C)NC(=O)C1C. The maximum absolute atomic E-state index is 12.3. The van der Waals surface area contributed by atoms with Crippen molar-refractivity contribution >= 4 is 23.6 Å². The van der Waals surface area contributed by atoms with E-state index in [0.29, 0.717) is 6.54 Å². The number of hydrogen-bond acceptors (Lipinski definition) is 3. The highest BCUT2D eigenvalue weighted by molar-refractivity contribution is 7.99. The van der Waals surface area contributed by atoms with Crippen molar-refractivity contribution in [1.82, 2.24) is 10.2 Å². The second-order valence-corrected chi connectivity index (χ2v) is 5.95. The van der Waals surface area contributed by atoms with Crippen LogP contribution >= 0.6 is 11.8 Å². The molecule has 1 heterocycles. The standard InChI is InChI=1S/C13H22N2O2S/c1-5-7-18-8-6-15-10(4)12(16)14-11(9(2)3)13(15)17/h5,9-11H,1,6-8H2,2-4H3,(H,14,16). The van der Waals surface area contributed by atoms with Gasteiger partial charge >= 0.3 is 0 Å². The third kappa shape index (κ3) is 3.51. The lowest BCUT2D eigenvalue weighted by molar-refractivity contribution is -0.149. The summed E-state index contributed by atoms with van der Waals surface area (Å²) >= 11 is 1.72. The van der Waals surface area contributed by atoms with Crippen LogP contribution in [0.2, 0.25) is 0 Å². The molecule has 1 rings (SSSR count). The van der Waals surface area contributed by atoms with Gasteiger partial charge in [0.25, 0.3) is 0 Å². The zero-order valence-electron chi connectivity index (χ0n) is 11.3. The molecule has 0 radical (unpaired) electrons. The zero-order valence-corrected chi connectivity index (χ0v) is 12.1. The normalized spacial score (nSPS) is 24.3. The third-order valence-corrected chi connectivity index (χ3v) is 4.02. The fraction of sp³-hybridized carbons (Fsp3) is 0.692. The Hall–Kier alpha value is -0.970. The van der Waals surface area contributed by atoms with Gasteiger partial charge in [0.1, 0.15) is 12.1 Å². The number of amides is 2. The van der Waals surface area contributed by atoms with E-state index >= 15 is 0 Å². The van der Waals surface area contributed by atoms with E-state index in [1.165, 1.54) is 0 Å². The average Bonchev–Trinajstić information content (AvgIpc) is 2.32. The first-order chi connectivity index (χ1) is 8.49. The molecule has 102 valence electrons. The molecule has 4 nitrogen and oxygen atoms in total. The summed E-state index contributed by atoms with van der Waals surface area (Å²) in [5.74, 6) is 1.81. The summed E-state index contributed by atoms with van der Waals surface area (Å²) in [5.41, 5.74) is 0. The Morgan fingerprint density at radius 2 is 2.17 bits per heavy atom. The summed E-state index contributed by atoms with van der Waals surface area (Å²) in [6, 6.07) is -0.741. The summed E-state index contributed by atoms with van der Waals surface area (Å²) in [6.07, 6.45) is 1.84. The van der Waals surface area contributed by atoms with Gasteiger partial charge in [0, 0.05) is 18.1 Å². The van der Waals surface area contributed by atoms with Crippen molar-refractivity contribution in [3.8, 4) is 0 Å². The highest BCUT2D eigenvalue weighted by Crippen LogP contribution is 2.16. The Morgan fingerprint density at radius 1 is 1.50 bits per heavy atom. The van der Waals surface area contributed by atoms with Gasteiger partial charge in [0.2, 0.25) is 11.8 Å². The molecule has 18 heavy (non-hydrogen) atoms. The first-order valence-corrected chi connectivity index (χ1v) is 7.44. The minimum Gasteiger partial charge on any atom is -0.342 e. The minimum atomic E-state index is -0.377. The first kappa shape index (κ1) is 15.1. The lowest BCUT2D eigenvalue weighted by Crippen LogP contribution is -2.64. The molecule has 1 saturated heterocycles. The van der Waals surface area contributed by atoms with Gasteiger partial charge in [0.05, 0.1) is 0 Å². The molecule has 1 aliphatic heterocycles. The molecule has 2 amide bonds. The monoisotopic (exact) mass is 270 g/mol. The summed E-state index contributed by atoms with van der Waals surface area (Å²) in [5, 5.41) is 2.79. The Balaban J connectivity index is 2.63. The van der Waals surface area contributed by atoms with E-state index in [0.717, 1.165) is 11.5 Å². The number of thioether (sulfide) groups is 1. The molecule has 1 fully saturated rings. The van der Waals surface area contributed by atoms with E-state index in [4.69, 9.17) is 0 Å². The first-order valence-electron chi connectivity index (χ1n) is 6.28. The molecular weight excluding hydrogens is 248 g/mol. The van der Waals surface area contributed by atoms with Gasteiger partial charge in [-0.1, -0.05) is 19.9 Å². The Morgan fingerprint density at radius 3 is 2.72 bits per heavy atom. The van der Waals surface area contributed by atoms with Crippen molar-refractivity contribution in [2.24, 2.45) is 5.92 Å². The molecule has 0 aliphatic carbocycles. The molecule has 0 aromatic rings. The van der Waals surface area contributed by atoms with Crippen LogP contribution in [0, 0.1) is 5.92 Å². The molecule has 1 N–H and O–H groups in total. The zero-order chi connectivity index (χ0) is 13.7. The van der Waals surface area contributed by atoms with E-state index < -0.39 is 0 Å². The number of nitrogens with one attached hydrogen (secondary N) is 1. The van der Waals surface area contributed by atoms with Gasteiger partial charge in [-0.25, -0.2) is 0 Å². The van der Waals surface area contributed by atoms with Gasteiger partial charge in [0.15, 0.2) is 0 Å². The number of carbonyl (C=O) groups is 2. The second-order valence-electron chi connectivity index (χ2n) is 4.80. The van der Waals surface area contributed by atoms with Gasteiger partial charge in [-0.15, -0.1) is 6.58 Å². The minimum absolute atomic E-state index is 0.0382. The second kappa shape index (κ2) is 6.83.